The fourth-order valence-electron chi connectivity index (χ4n) is 2.42. The van der Waals surface area contributed by atoms with Crippen molar-refractivity contribution in [2.75, 3.05) is 13.2 Å². The minimum Gasteiger partial charge on any atom is -0.463 e. The van der Waals surface area contributed by atoms with Crippen molar-refractivity contribution in [3.8, 4) is 0 Å². The molecule has 2 rings (SSSR count). The zero-order valence-electron chi connectivity index (χ0n) is 15.8. The van der Waals surface area contributed by atoms with Gasteiger partial charge >= 0.3 is 18.2 Å². The molecule has 0 aliphatic rings. The highest BCUT2D eigenvalue weighted by Crippen LogP contribution is 2.20. The molecule has 5 heteroatoms. The fourth-order valence-corrected chi connectivity index (χ4v) is 2.42. The Morgan fingerprint density at radius 1 is 0.750 bits per heavy atom. The van der Waals surface area contributed by atoms with Crippen molar-refractivity contribution in [1.29, 1.82) is 0 Å². The molecule has 0 unspecified atom stereocenters. The summed E-state index contributed by atoms with van der Waals surface area (Å²) in [4.78, 5) is 23.3. The summed E-state index contributed by atoms with van der Waals surface area (Å²) in [5, 5.41) is 0. The van der Waals surface area contributed by atoms with Gasteiger partial charge in [-0.25, -0.2) is 9.59 Å². The van der Waals surface area contributed by atoms with Crippen LogP contribution in [-0.2, 0) is 19.0 Å². The largest absolute Gasteiger partial charge is 0.463 e. The van der Waals surface area contributed by atoms with E-state index in [1.807, 2.05) is 36.4 Å². The Kier molecular flexibility index (Phi) is 9.52. The maximum absolute atomic E-state index is 12.3. The van der Waals surface area contributed by atoms with E-state index >= 15 is 0 Å². The van der Waals surface area contributed by atoms with E-state index in [2.05, 4.69) is 6.58 Å². The number of esters is 2. The van der Waals surface area contributed by atoms with Crippen molar-refractivity contribution in [2.24, 2.45) is 0 Å². The van der Waals surface area contributed by atoms with Gasteiger partial charge in [0.05, 0.1) is 18.8 Å². The standard InChI is InChI=1S/C23H25O5/c1-2-21(24)26-17-11-3-4-12-18-27-23(20-15-9-6-10-16-20)28-22(25)19-13-7-5-8-14-19/h2,5-10,13-16H,1,3-4,11-12,17-18H2. The summed E-state index contributed by atoms with van der Waals surface area (Å²) >= 11 is 0. The van der Waals surface area contributed by atoms with Crippen LogP contribution in [0.3, 0.4) is 0 Å². The molecule has 1 radical (unpaired) electrons. The van der Waals surface area contributed by atoms with Gasteiger partial charge in [-0.05, 0) is 31.4 Å². The van der Waals surface area contributed by atoms with Crippen LogP contribution in [0.15, 0.2) is 73.3 Å². The summed E-state index contributed by atoms with van der Waals surface area (Å²) < 4.78 is 16.2. The maximum atomic E-state index is 12.3. The van der Waals surface area contributed by atoms with Crippen LogP contribution in [0, 0.1) is 6.29 Å². The van der Waals surface area contributed by atoms with Gasteiger partial charge in [0, 0.05) is 11.6 Å². The van der Waals surface area contributed by atoms with Gasteiger partial charge in [0.1, 0.15) is 0 Å². The van der Waals surface area contributed by atoms with Crippen molar-refractivity contribution in [3.05, 3.63) is 90.7 Å². The lowest BCUT2D eigenvalue weighted by molar-refractivity contribution is -0.137. The summed E-state index contributed by atoms with van der Waals surface area (Å²) in [5.41, 5.74) is 1.18. The SMILES string of the molecule is C=CC(=O)OCCCCCCO[C](OC(=O)c1ccccc1)c1ccccc1. The molecule has 0 atom stereocenters. The summed E-state index contributed by atoms with van der Waals surface area (Å²) in [6.45, 7) is 4.17. The first-order valence-electron chi connectivity index (χ1n) is 9.32. The molecule has 0 amide bonds. The van der Waals surface area contributed by atoms with Crippen molar-refractivity contribution >= 4 is 11.9 Å². The van der Waals surface area contributed by atoms with E-state index in [0.29, 0.717) is 24.3 Å². The molecule has 0 aromatic heterocycles. The highest BCUT2D eigenvalue weighted by Gasteiger charge is 2.20. The monoisotopic (exact) mass is 381 g/mol. The van der Waals surface area contributed by atoms with Gasteiger partial charge in [-0.15, -0.1) is 0 Å². The number of unbranched alkanes of at least 4 members (excludes halogenated alkanes) is 3. The third kappa shape index (κ3) is 7.76. The number of hydrogen-bond donors (Lipinski definition) is 0. The van der Waals surface area contributed by atoms with Crippen LogP contribution in [0.2, 0.25) is 0 Å². The topological polar surface area (TPSA) is 61.8 Å². The van der Waals surface area contributed by atoms with E-state index in [1.54, 1.807) is 24.3 Å². The quantitative estimate of drug-likeness (QED) is 0.303. The van der Waals surface area contributed by atoms with E-state index in [-0.39, 0.29) is 6.29 Å². The van der Waals surface area contributed by atoms with Crippen molar-refractivity contribution in [3.63, 3.8) is 0 Å². The number of carbonyl (C=O) groups is 2. The molecular formula is C23H25O5. The van der Waals surface area contributed by atoms with Crippen LogP contribution in [0.5, 0.6) is 0 Å². The second-order valence-corrected chi connectivity index (χ2v) is 6.04. The number of carbonyl (C=O) groups excluding carboxylic acids is 2. The molecule has 0 aliphatic heterocycles. The molecule has 0 saturated heterocycles. The normalized spacial score (nSPS) is 10.5. The summed E-state index contributed by atoms with van der Waals surface area (Å²) in [6, 6.07) is 18.1. The Hall–Kier alpha value is -2.92. The number of rotatable bonds is 12. The Balaban J connectivity index is 1.77. The Morgan fingerprint density at radius 3 is 1.86 bits per heavy atom. The molecule has 28 heavy (non-hydrogen) atoms. The molecule has 0 N–H and O–H groups in total. The third-order valence-corrected chi connectivity index (χ3v) is 3.89. The number of ether oxygens (including phenoxy) is 3. The smallest absolute Gasteiger partial charge is 0.341 e. The van der Waals surface area contributed by atoms with E-state index in [1.165, 1.54) is 0 Å². The third-order valence-electron chi connectivity index (χ3n) is 3.89. The average Bonchev–Trinajstić information content (AvgIpc) is 2.75. The zero-order valence-corrected chi connectivity index (χ0v) is 15.8. The molecular weight excluding hydrogens is 356 g/mol. The van der Waals surface area contributed by atoms with Gasteiger partial charge in [-0.2, -0.15) is 0 Å². The zero-order chi connectivity index (χ0) is 20.0. The highest BCUT2D eigenvalue weighted by molar-refractivity contribution is 5.89. The van der Waals surface area contributed by atoms with Crippen LogP contribution in [0.1, 0.15) is 41.6 Å². The van der Waals surface area contributed by atoms with E-state index in [0.717, 1.165) is 31.8 Å². The second-order valence-electron chi connectivity index (χ2n) is 6.04. The van der Waals surface area contributed by atoms with Gasteiger partial charge in [0.2, 0.25) is 0 Å². The fraction of sp³-hybridized carbons (Fsp3) is 0.261. The lowest BCUT2D eigenvalue weighted by Gasteiger charge is -2.16. The van der Waals surface area contributed by atoms with Gasteiger partial charge in [-0.3, -0.25) is 0 Å². The molecule has 2 aromatic rings. The molecule has 2 aromatic carbocycles. The Labute approximate surface area is 165 Å². The molecule has 0 fully saturated rings. The molecule has 0 heterocycles. The predicted octanol–water partition coefficient (Wildman–Crippen LogP) is 4.69. The highest BCUT2D eigenvalue weighted by atomic mass is 16.7. The first-order chi connectivity index (χ1) is 13.7. The minimum absolute atomic E-state index is 0.203. The average molecular weight is 381 g/mol. The molecule has 0 bridgehead atoms. The Bertz CT molecular complexity index is 727. The van der Waals surface area contributed by atoms with Crippen LogP contribution < -0.4 is 0 Å². The van der Waals surface area contributed by atoms with Crippen molar-refractivity contribution in [1.82, 2.24) is 0 Å². The van der Waals surface area contributed by atoms with Crippen LogP contribution in [-0.4, -0.2) is 25.2 Å². The maximum Gasteiger partial charge on any atom is 0.341 e. The summed E-state index contributed by atoms with van der Waals surface area (Å²) in [6.07, 6.45) is 4.78. The van der Waals surface area contributed by atoms with E-state index in [4.69, 9.17) is 14.2 Å². The lowest BCUT2D eigenvalue weighted by atomic mass is 10.2. The van der Waals surface area contributed by atoms with E-state index in [9.17, 15) is 9.59 Å². The second kappa shape index (κ2) is 12.5. The van der Waals surface area contributed by atoms with E-state index < -0.39 is 11.9 Å². The van der Waals surface area contributed by atoms with Gasteiger partial charge in [-0.1, -0.05) is 61.5 Å². The minimum atomic E-state index is -0.455. The first-order valence-corrected chi connectivity index (χ1v) is 9.32. The van der Waals surface area contributed by atoms with Crippen molar-refractivity contribution in [2.45, 2.75) is 25.7 Å². The molecule has 0 spiro atoms. The molecule has 0 aliphatic carbocycles. The molecule has 5 nitrogen and oxygen atoms in total. The van der Waals surface area contributed by atoms with Crippen molar-refractivity contribution < 1.29 is 23.8 Å². The predicted molar refractivity (Wildman–Crippen MR) is 106 cm³/mol. The number of benzene rings is 2. The summed E-state index contributed by atoms with van der Waals surface area (Å²) in [7, 11) is 0. The van der Waals surface area contributed by atoms with Crippen LogP contribution in [0.4, 0.5) is 0 Å². The van der Waals surface area contributed by atoms with Gasteiger partial charge in [0.15, 0.2) is 0 Å². The summed E-state index contributed by atoms with van der Waals surface area (Å²) in [5.74, 6) is -0.853. The Morgan fingerprint density at radius 2 is 1.29 bits per heavy atom. The first kappa shape index (κ1) is 21.4. The van der Waals surface area contributed by atoms with Crippen LogP contribution >= 0.6 is 0 Å². The van der Waals surface area contributed by atoms with Crippen LogP contribution in [0.25, 0.3) is 0 Å². The molecule has 0 saturated carbocycles. The van der Waals surface area contributed by atoms with Gasteiger partial charge < -0.3 is 14.2 Å². The lowest BCUT2D eigenvalue weighted by Crippen LogP contribution is -2.16. The van der Waals surface area contributed by atoms with Gasteiger partial charge in [0.25, 0.3) is 0 Å². The number of hydrogen-bond acceptors (Lipinski definition) is 5. The molecule has 147 valence electrons.